The van der Waals surface area contributed by atoms with E-state index in [1.54, 1.807) is 6.26 Å². The molecule has 0 aliphatic rings. The molecule has 0 saturated heterocycles. The van der Waals surface area contributed by atoms with Gasteiger partial charge in [0.05, 0.1) is 13.4 Å². The minimum absolute atomic E-state index is 0.182. The normalized spacial score (nSPS) is 14.4. The van der Waals surface area contributed by atoms with E-state index in [2.05, 4.69) is 26.1 Å². The van der Waals surface area contributed by atoms with E-state index in [1.165, 1.54) is 7.11 Å². The first-order valence-electron chi connectivity index (χ1n) is 6.89. The summed E-state index contributed by atoms with van der Waals surface area (Å²) in [5, 5.41) is 3.35. The monoisotopic (exact) mass is 267 g/mol. The average Bonchev–Trinajstić information content (AvgIpc) is 2.87. The Hall–Kier alpha value is -1.29. The van der Waals surface area contributed by atoms with Gasteiger partial charge in [0.25, 0.3) is 0 Å². The van der Waals surface area contributed by atoms with E-state index in [4.69, 9.17) is 9.15 Å². The molecule has 1 heterocycles. The van der Waals surface area contributed by atoms with Crippen molar-refractivity contribution in [2.45, 2.75) is 52.1 Å². The number of ether oxygens (including phenoxy) is 1. The SMILES string of the molecule is COC(=O)C(CC(C)C)NC(C)CCc1ccco1. The van der Waals surface area contributed by atoms with Crippen molar-refractivity contribution < 1.29 is 13.9 Å². The highest BCUT2D eigenvalue weighted by atomic mass is 16.5. The number of methoxy groups -OCH3 is 1. The lowest BCUT2D eigenvalue weighted by atomic mass is 10.0. The standard InChI is InChI=1S/C15H25NO3/c1-11(2)10-14(15(17)18-4)16-12(3)7-8-13-6-5-9-19-13/h5-6,9,11-12,14,16H,7-8,10H2,1-4H3. The fourth-order valence-electron chi connectivity index (χ4n) is 2.09. The van der Waals surface area contributed by atoms with Crippen LogP contribution >= 0.6 is 0 Å². The molecule has 1 aromatic heterocycles. The molecule has 0 aliphatic heterocycles. The summed E-state index contributed by atoms with van der Waals surface area (Å²) < 4.78 is 10.1. The Morgan fingerprint density at radius 3 is 2.68 bits per heavy atom. The number of rotatable bonds is 8. The van der Waals surface area contributed by atoms with E-state index in [9.17, 15) is 4.79 Å². The molecule has 19 heavy (non-hydrogen) atoms. The summed E-state index contributed by atoms with van der Waals surface area (Å²) in [6, 6.07) is 3.88. The highest BCUT2D eigenvalue weighted by Crippen LogP contribution is 2.10. The number of hydrogen-bond donors (Lipinski definition) is 1. The third-order valence-electron chi connectivity index (χ3n) is 3.08. The summed E-state index contributed by atoms with van der Waals surface area (Å²) in [6.45, 7) is 6.29. The molecule has 1 N–H and O–H groups in total. The predicted octanol–water partition coefficient (Wildman–Crippen LogP) is 2.78. The molecule has 108 valence electrons. The van der Waals surface area contributed by atoms with Gasteiger partial charge in [-0.2, -0.15) is 0 Å². The van der Waals surface area contributed by atoms with Gasteiger partial charge in [-0.15, -0.1) is 0 Å². The summed E-state index contributed by atoms with van der Waals surface area (Å²) in [5.74, 6) is 1.25. The third-order valence-corrected chi connectivity index (χ3v) is 3.08. The second kappa shape index (κ2) is 8.00. The van der Waals surface area contributed by atoms with Crippen LogP contribution in [0, 0.1) is 5.92 Å². The zero-order valence-corrected chi connectivity index (χ0v) is 12.3. The van der Waals surface area contributed by atoms with Crippen LogP contribution in [0.2, 0.25) is 0 Å². The quantitative estimate of drug-likeness (QED) is 0.736. The second-order valence-electron chi connectivity index (χ2n) is 5.39. The van der Waals surface area contributed by atoms with Crippen LogP contribution in [0.5, 0.6) is 0 Å². The van der Waals surface area contributed by atoms with E-state index in [0.29, 0.717) is 5.92 Å². The van der Waals surface area contributed by atoms with Gasteiger partial charge in [0.2, 0.25) is 0 Å². The Morgan fingerprint density at radius 1 is 1.42 bits per heavy atom. The summed E-state index contributed by atoms with van der Waals surface area (Å²) in [4.78, 5) is 11.7. The van der Waals surface area contributed by atoms with Crippen molar-refractivity contribution in [3.8, 4) is 0 Å². The van der Waals surface area contributed by atoms with Crippen molar-refractivity contribution >= 4 is 5.97 Å². The lowest BCUT2D eigenvalue weighted by Gasteiger charge is -2.22. The maximum atomic E-state index is 11.7. The molecule has 0 amide bonds. The van der Waals surface area contributed by atoms with Gasteiger partial charge >= 0.3 is 5.97 Å². The highest BCUT2D eigenvalue weighted by molar-refractivity contribution is 5.75. The molecule has 2 atom stereocenters. The fourth-order valence-corrected chi connectivity index (χ4v) is 2.09. The van der Waals surface area contributed by atoms with Gasteiger partial charge in [-0.1, -0.05) is 13.8 Å². The number of hydrogen-bond acceptors (Lipinski definition) is 4. The smallest absolute Gasteiger partial charge is 0.322 e. The van der Waals surface area contributed by atoms with E-state index >= 15 is 0 Å². The highest BCUT2D eigenvalue weighted by Gasteiger charge is 2.22. The largest absolute Gasteiger partial charge is 0.469 e. The molecule has 1 rings (SSSR count). The number of furan rings is 1. The van der Waals surface area contributed by atoms with Crippen LogP contribution in [-0.4, -0.2) is 25.2 Å². The molecule has 0 spiro atoms. The van der Waals surface area contributed by atoms with Crippen molar-refractivity contribution in [2.24, 2.45) is 5.92 Å². The summed E-state index contributed by atoms with van der Waals surface area (Å²) in [7, 11) is 1.44. The first-order chi connectivity index (χ1) is 9.02. The molecular weight excluding hydrogens is 242 g/mol. The molecule has 4 nitrogen and oxygen atoms in total. The second-order valence-corrected chi connectivity index (χ2v) is 5.39. The van der Waals surface area contributed by atoms with Crippen LogP contribution in [0.4, 0.5) is 0 Å². The number of esters is 1. The van der Waals surface area contributed by atoms with Crippen molar-refractivity contribution in [3.05, 3.63) is 24.2 Å². The summed E-state index contributed by atoms with van der Waals surface area (Å²) >= 11 is 0. The molecule has 0 fully saturated rings. The zero-order valence-electron chi connectivity index (χ0n) is 12.3. The summed E-state index contributed by atoms with van der Waals surface area (Å²) in [5.41, 5.74) is 0. The van der Waals surface area contributed by atoms with Gasteiger partial charge in [0.15, 0.2) is 0 Å². The molecule has 2 unspecified atom stereocenters. The van der Waals surface area contributed by atoms with E-state index in [-0.39, 0.29) is 18.1 Å². The van der Waals surface area contributed by atoms with Gasteiger partial charge in [0, 0.05) is 12.5 Å². The Morgan fingerprint density at radius 2 is 2.16 bits per heavy atom. The van der Waals surface area contributed by atoms with E-state index < -0.39 is 0 Å². The molecule has 1 aromatic rings. The van der Waals surface area contributed by atoms with Crippen LogP contribution in [-0.2, 0) is 16.0 Å². The van der Waals surface area contributed by atoms with Crippen molar-refractivity contribution in [3.63, 3.8) is 0 Å². The molecule has 0 saturated carbocycles. The average molecular weight is 267 g/mol. The molecule has 0 bridgehead atoms. The van der Waals surface area contributed by atoms with E-state index in [1.807, 2.05) is 12.1 Å². The van der Waals surface area contributed by atoms with E-state index in [0.717, 1.165) is 25.0 Å². The van der Waals surface area contributed by atoms with Crippen LogP contribution in [0.3, 0.4) is 0 Å². The third kappa shape index (κ3) is 5.92. The van der Waals surface area contributed by atoms with Crippen molar-refractivity contribution in [1.29, 1.82) is 0 Å². The lowest BCUT2D eigenvalue weighted by molar-refractivity contribution is -0.143. The number of carbonyl (C=O) groups is 1. The molecule has 4 heteroatoms. The minimum atomic E-state index is -0.225. The Kier molecular flexibility index (Phi) is 6.64. The number of carbonyl (C=O) groups excluding carboxylic acids is 1. The van der Waals surface area contributed by atoms with Gasteiger partial charge in [-0.05, 0) is 37.8 Å². The van der Waals surface area contributed by atoms with Gasteiger partial charge in [0.1, 0.15) is 11.8 Å². The maximum absolute atomic E-state index is 11.7. The van der Waals surface area contributed by atoms with Gasteiger partial charge in [-0.25, -0.2) is 0 Å². The van der Waals surface area contributed by atoms with Crippen molar-refractivity contribution in [1.82, 2.24) is 5.32 Å². The number of aryl methyl sites for hydroxylation is 1. The molecule has 0 aliphatic carbocycles. The molecule has 0 aromatic carbocycles. The number of nitrogens with one attached hydrogen (secondary N) is 1. The van der Waals surface area contributed by atoms with Crippen LogP contribution in [0.25, 0.3) is 0 Å². The summed E-state index contributed by atoms with van der Waals surface area (Å²) in [6.07, 6.45) is 4.27. The van der Waals surface area contributed by atoms with Crippen LogP contribution < -0.4 is 5.32 Å². The Balaban J connectivity index is 2.41. The van der Waals surface area contributed by atoms with Crippen molar-refractivity contribution in [2.75, 3.05) is 7.11 Å². The molecule has 0 radical (unpaired) electrons. The fraction of sp³-hybridized carbons (Fsp3) is 0.667. The Bertz CT molecular complexity index is 359. The van der Waals surface area contributed by atoms with Crippen LogP contribution in [0.1, 0.15) is 39.4 Å². The van der Waals surface area contributed by atoms with Crippen LogP contribution in [0.15, 0.2) is 22.8 Å². The first kappa shape index (κ1) is 15.8. The zero-order chi connectivity index (χ0) is 14.3. The Labute approximate surface area is 115 Å². The first-order valence-corrected chi connectivity index (χ1v) is 6.89. The maximum Gasteiger partial charge on any atom is 0.322 e. The van der Waals surface area contributed by atoms with Gasteiger partial charge < -0.3 is 14.5 Å². The lowest BCUT2D eigenvalue weighted by Crippen LogP contribution is -2.43. The van der Waals surface area contributed by atoms with Gasteiger partial charge in [-0.3, -0.25) is 4.79 Å². The molecular formula is C15H25NO3. The minimum Gasteiger partial charge on any atom is -0.469 e. The topological polar surface area (TPSA) is 51.5 Å². The predicted molar refractivity (Wildman–Crippen MR) is 74.9 cm³/mol.